The normalized spacial score (nSPS) is 15.2. The maximum atomic E-state index is 11.9. The van der Waals surface area contributed by atoms with Gasteiger partial charge >= 0.3 is 0 Å². The van der Waals surface area contributed by atoms with E-state index in [9.17, 15) is 4.79 Å². The summed E-state index contributed by atoms with van der Waals surface area (Å²) in [5.41, 5.74) is 0.485. The van der Waals surface area contributed by atoms with Crippen LogP contribution in [0.3, 0.4) is 0 Å². The van der Waals surface area contributed by atoms with Crippen LogP contribution in [0.4, 0.5) is 0 Å². The summed E-state index contributed by atoms with van der Waals surface area (Å²) >= 11 is 0. The molecular weight excluding hydrogens is 308 g/mol. The molecule has 6 heteroatoms. The molecule has 0 aliphatic carbocycles. The minimum Gasteiger partial charge on any atom is -0.486 e. The summed E-state index contributed by atoms with van der Waals surface area (Å²) in [6, 6.07) is 16.1. The number of ether oxygens (including phenoxy) is 3. The first-order chi connectivity index (χ1) is 11.7. The molecule has 0 saturated carbocycles. The van der Waals surface area contributed by atoms with Crippen molar-refractivity contribution in [2.75, 3.05) is 19.8 Å². The number of amides is 1. The number of fused-ring (bicyclic) bond motifs is 1. The lowest BCUT2D eigenvalue weighted by atomic mass is 10.2. The first-order valence-corrected chi connectivity index (χ1v) is 7.53. The average molecular weight is 324 g/mol. The summed E-state index contributed by atoms with van der Waals surface area (Å²) in [6.07, 6.45) is -0.245. The minimum absolute atomic E-state index is 0.126. The van der Waals surface area contributed by atoms with Crippen molar-refractivity contribution in [1.29, 1.82) is 5.26 Å². The summed E-state index contributed by atoms with van der Waals surface area (Å²) in [7, 11) is 0. The molecular formula is C18H16N2O4. The molecule has 1 N–H and O–H groups in total. The Kier molecular flexibility index (Phi) is 4.82. The van der Waals surface area contributed by atoms with E-state index in [1.807, 2.05) is 30.3 Å². The van der Waals surface area contributed by atoms with Crippen LogP contribution < -0.4 is 19.5 Å². The number of nitrogens with zero attached hydrogens (tertiary/aromatic N) is 1. The van der Waals surface area contributed by atoms with Gasteiger partial charge in [0.1, 0.15) is 18.5 Å². The number of nitrogens with one attached hydrogen (secondary N) is 1. The van der Waals surface area contributed by atoms with Crippen molar-refractivity contribution in [2.45, 2.75) is 6.10 Å². The second-order valence-corrected chi connectivity index (χ2v) is 5.23. The van der Waals surface area contributed by atoms with Gasteiger partial charge in [-0.05, 0) is 30.3 Å². The molecule has 1 aliphatic heterocycles. The van der Waals surface area contributed by atoms with Crippen LogP contribution in [0.2, 0.25) is 0 Å². The highest BCUT2D eigenvalue weighted by molar-refractivity contribution is 5.77. The summed E-state index contributed by atoms with van der Waals surface area (Å²) in [5, 5.41) is 11.6. The second kappa shape index (κ2) is 7.38. The van der Waals surface area contributed by atoms with Crippen molar-refractivity contribution in [3.05, 3.63) is 54.1 Å². The molecule has 0 spiro atoms. The highest BCUT2D eigenvalue weighted by Gasteiger charge is 2.21. The van der Waals surface area contributed by atoms with E-state index >= 15 is 0 Å². The van der Waals surface area contributed by atoms with Crippen LogP contribution in [0.15, 0.2) is 48.5 Å². The van der Waals surface area contributed by atoms with Gasteiger partial charge in [0.15, 0.2) is 18.1 Å². The van der Waals surface area contributed by atoms with E-state index in [1.165, 1.54) is 0 Å². The van der Waals surface area contributed by atoms with E-state index in [4.69, 9.17) is 19.5 Å². The lowest BCUT2D eigenvalue weighted by Crippen LogP contribution is -2.42. The summed E-state index contributed by atoms with van der Waals surface area (Å²) < 4.78 is 16.7. The van der Waals surface area contributed by atoms with E-state index in [-0.39, 0.29) is 18.6 Å². The molecule has 1 heterocycles. The molecule has 0 radical (unpaired) electrons. The lowest BCUT2D eigenvalue weighted by Gasteiger charge is -2.26. The molecule has 0 aromatic heterocycles. The first-order valence-electron chi connectivity index (χ1n) is 7.53. The Morgan fingerprint density at radius 1 is 1.25 bits per heavy atom. The molecule has 0 saturated heterocycles. The molecule has 0 unspecified atom stereocenters. The molecule has 2 aromatic carbocycles. The van der Waals surface area contributed by atoms with Crippen LogP contribution in [0.5, 0.6) is 17.2 Å². The monoisotopic (exact) mass is 324 g/mol. The fourth-order valence-corrected chi connectivity index (χ4v) is 2.25. The summed E-state index contributed by atoms with van der Waals surface area (Å²) in [5.74, 6) is 1.60. The Hall–Kier alpha value is -3.20. The van der Waals surface area contributed by atoms with Crippen molar-refractivity contribution in [2.24, 2.45) is 0 Å². The zero-order chi connectivity index (χ0) is 16.8. The van der Waals surface area contributed by atoms with E-state index < -0.39 is 0 Å². The maximum Gasteiger partial charge on any atom is 0.258 e. The molecule has 1 aliphatic rings. The van der Waals surface area contributed by atoms with Crippen LogP contribution in [-0.4, -0.2) is 31.8 Å². The number of nitriles is 1. The fourth-order valence-electron chi connectivity index (χ4n) is 2.25. The largest absolute Gasteiger partial charge is 0.486 e. The molecule has 1 amide bonds. The quantitative estimate of drug-likeness (QED) is 0.908. The van der Waals surface area contributed by atoms with E-state index in [0.717, 1.165) is 0 Å². The molecule has 3 rings (SSSR count). The third-order valence-electron chi connectivity index (χ3n) is 3.43. The number of benzene rings is 2. The number of carbonyl (C=O) groups is 1. The number of hydrogen-bond donors (Lipinski definition) is 1. The highest BCUT2D eigenvalue weighted by Crippen LogP contribution is 2.30. The van der Waals surface area contributed by atoms with Gasteiger partial charge in [0.2, 0.25) is 0 Å². The summed E-state index contributed by atoms with van der Waals surface area (Å²) in [6.45, 7) is 0.580. The molecule has 1 atom stereocenters. The smallest absolute Gasteiger partial charge is 0.258 e. The zero-order valence-corrected chi connectivity index (χ0v) is 12.9. The standard InChI is InChI=1S/C18H16N2O4/c19-9-13-4-3-5-14(8-13)22-12-18(21)20-10-15-11-23-16-6-1-2-7-17(16)24-15/h1-8,15H,10-12H2,(H,20,21)/t15-/m1/s1. The zero-order valence-electron chi connectivity index (χ0n) is 12.9. The first kappa shape index (κ1) is 15.7. The van der Waals surface area contributed by atoms with Crippen molar-refractivity contribution in [3.63, 3.8) is 0 Å². The fraction of sp³-hybridized carbons (Fsp3) is 0.222. The Balaban J connectivity index is 1.44. The maximum absolute atomic E-state index is 11.9. The molecule has 24 heavy (non-hydrogen) atoms. The Bertz CT molecular complexity index is 770. The predicted octanol–water partition coefficient (Wildman–Crippen LogP) is 1.89. The Morgan fingerprint density at radius 3 is 2.92 bits per heavy atom. The predicted molar refractivity (Wildman–Crippen MR) is 86.0 cm³/mol. The summed E-state index contributed by atoms with van der Waals surface area (Å²) in [4.78, 5) is 11.9. The van der Waals surface area contributed by atoms with Crippen molar-refractivity contribution in [1.82, 2.24) is 5.32 Å². The minimum atomic E-state index is -0.264. The van der Waals surface area contributed by atoms with E-state index in [2.05, 4.69) is 5.32 Å². The van der Waals surface area contributed by atoms with Gasteiger partial charge in [-0.25, -0.2) is 0 Å². The van der Waals surface area contributed by atoms with Crippen molar-refractivity contribution in [3.8, 4) is 23.3 Å². The van der Waals surface area contributed by atoms with Crippen LogP contribution in [0.25, 0.3) is 0 Å². The third-order valence-corrected chi connectivity index (χ3v) is 3.43. The Labute approximate surface area is 139 Å². The topological polar surface area (TPSA) is 80.6 Å². The number of carbonyl (C=O) groups excluding carboxylic acids is 1. The van der Waals surface area contributed by atoms with Gasteiger partial charge in [0, 0.05) is 0 Å². The van der Waals surface area contributed by atoms with Gasteiger partial charge in [0.05, 0.1) is 18.2 Å². The van der Waals surface area contributed by atoms with Gasteiger partial charge in [-0.15, -0.1) is 0 Å². The number of hydrogen-bond acceptors (Lipinski definition) is 5. The van der Waals surface area contributed by atoms with Crippen molar-refractivity contribution >= 4 is 5.91 Å². The van der Waals surface area contributed by atoms with Crippen LogP contribution in [-0.2, 0) is 4.79 Å². The molecule has 2 aromatic rings. The number of para-hydroxylation sites is 2. The van der Waals surface area contributed by atoms with Crippen LogP contribution in [0.1, 0.15) is 5.56 Å². The van der Waals surface area contributed by atoms with Gasteiger partial charge in [-0.2, -0.15) is 5.26 Å². The average Bonchev–Trinajstić information content (AvgIpc) is 2.64. The molecule has 6 nitrogen and oxygen atoms in total. The SMILES string of the molecule is N#Cc1cccc(OCC(=O)NC[C@@H]2COc3ccccc3O2)c1. The second-order valence-electron chi connectivity index (χ2n) is 5.23. The van der Waals surface area contributed by atoms with Crippen LogP contribution >= 0.6 is 0 Å². The van der Waals surface area contributed by atoms with Gasteiger partial charge in [-0.3, -0.25) is 4.79 Å². The van der Waals surface area contributed by atoms with Crippen LogP contribution in [0, 0.1) is 11.3 Å². The van der Waals surface area contributed by atoms with Gasteiger partial charge in [-0.1, -0.05) is 18.2 Å². The number of rotatable bonds is 5. The molecule has 122 valence electrons. The van der Waals surface area contributed by atoms with Crippen molar-refractivity contribution < 1.29 is 19.0 Å². The Morgan fingerprint density at radius 2 is 2.08 bits per heavy atom. The van der Waals surface area contributed by atoms with E-state index in [0.29, 0.717) is 36.0 Å². The third kappa shape index (κ3) is 3.96. The molecule has 0 fully saturated rings. The molecule has 0 bridgehead atoms. The van der Waals surface area contributed by atoms with Gasteiger partial charge in [0.25, 0.3) is 5.91 Å². The van der Waals surface area contributed by atoms with Gasteiger partial charge < -0.3 is 19.5 Å². The lowest BCUT2D eigenvalue weighted by molar-refractivity contribution is -0.123. The van der Waals surface area contributed by atoms with E-state index in [1.54, 1.807) is 24.3 Å². The highest BCUT2D eigenvalue weighted by atomic mass is 16.6.